The summed E-state index contributed by atoms with van der Waals surface area (Å²) in [6.45, 7) is 3.73. The molecule has 8 nitrogen and oxygen atoms in total. The van der Waals surface area contributed by atoms with Gasteiger partial charge in [-0.05, 0) is 50.1 Å². The third-order valence-electron chi connectivity index (χ3n) is 6.25. The summed E-state index contributed by atoms with van der Waals surface area (Å²) in [5.74, 6) is 1.09. The van der Waals surface area contributed by atoms with Crippen molar-refractivity contribution in [1.82, 2.24) is 20.2 Å². The van der Waals surface area contributed by atoms with Crippen LogP contribution in [0.4, 0.5) is 19.0 Å². The summed E-state index contributed by atoms with van der Waals surface area (Å²) in [7, 11) is 0. The van der Waals surface area contributed by atoms with Crippen molar-refractivity contribution in [2.45, 2.75) is 32.5 Å². The molecule has 196 valence electrons. The minimum absolute atomic E-state index is 0.0128. The maximum Gasteiger partial charge on any atom is 0.416 e. The molecule has 5 aromatic rings. The van der Waals surface area contributed by atoms with Gasteiger partial charge in [-0.1, -0.05) is 18.2 Å². The topological polar surface area (TPSA) is 129 Å². The fourth-order valence-corrected chi connectivity index (χ4v) is 4.28. The van der Waals surface area contributed by atoms with E-state index in [0.29, 0.717) is 28.3 Å². The molecular weight excluding hydrogens is 497 g/mol. The quantitative estimate of drug-likeness (QED) is 0.259. The summed E-state index contributed by atoms with van der Waals surface area (Å²) >= 11 is 0. The number of nitrogens with two attached hydrogens (primary N) is 2. The second kappa shape index (κ2) is 9.82. The van der Waals surface area contributed by atoms with Gasteiger partial charge in [0.25, 0.3) is 0 Å². The van der Waals surface area contributed by atoms with Gasteiger partial charge >= 0.3 is 6.18 Å². The number of alkyl halides is 3. The molecule has 1 atom stereocenters. The minimum atomic E-state index is -4.42. The predicted molar refractivity (Wildman–Crippen MR) is 137 cm³/mol. The fraction of sp³-hybridized carbons (Fsp3) is 0.222. The van der Waals surface area contributed by atoms with E-state index in [1.54, 1.807) is 30.7 Å². The normalized spacial score (nSPS) is 12.7. The average Bonchev–Trinajstić information content (AvgIpc) is 3.47. The zero-order chi connectivity index (χ0) is 27.0. The first-order valence-corrected chi connectivity index (χ1v) is 11.8. The number of hydrogen-bond acceptors (Lipinski definition) is 7. The molecule has 5 N–H and O–H groups in total. The molecule has 4 heterocycles. The van der Waals surface area contributed by atoms with Gasteiger partial charge in [0.15, 0.2) is 11.6 Å². The number of hydrogen-bond donors (Lipinski definition) is 3. The van der Waals surface area contributed by atoms with Crippen LogP contribution in [0.25, 0.3) is 33.4 Å². The molecule has 0 unspecified atom stereocenters. The van der Waals surface area contributed by atoms with Gasteiger partial charge < -0.3 is 20.6 Å². The summed E-state index contributed by atoms with van der Waals surface area (Å²) in [5.41, 5.74) is 16.4. The SMILES string of the molecule is Cc1occc1-c1nc(N)c(OC[C@@H](N)Cc2cccc(C(F)(F)F)c2)cc1-c1cc2c(C)n[nH]c2cn1. The van der Waals surface area contributed by atoms with E-state index >= 15 is 0 Å². The highest BCUT2D eigenvalue weighted by atomic mass is 19.4. The van der Waals surface area contributed by atoms with Crippen molar-refractivity contribution in [3.8, 4) is 28.3 Å². The van der Waals surface area contributed by atoms with Crippen molar-refractivity contribution in [3.63, 3.8) is 0 Å². The third kappa shape index (κ3) is 5.05. The van der Waals surface area contributed by atoms with Crippen LogP contribution in [-0.2, 0) is 12.6 Å². The van der Waals surface area contributed by atoms with Crippen molar-refractivity contribution >= 4 is 16.7 Å². The number of rotatable bonds is 7. The van der Waals surface area contributed by atoms with Crippen molar-refractivity contribution in [1.29, 1.82) is 0 Å². The lowest BCUT2D eigenvalue weighted by Crippen LogP contribution is -2.30. The molecule has 0 aliphatic rings. The Hall–Kier alpha value is -4.38. The number of aryl methyl sites for hydroxylation is 2. The van der Waals surface area contributed by atoms with Crippen LogP contribution >= 0.6 is 0 Å². The number of halogens is 3. The van der Waals surface area contributed by atoms with E-state index in [-0.39, 0.29) is 24.6 Å². The number of benzene rings is 1. The number of nitrogens with one attached hydrogen (secondary N) is 1. The van der Waals surface area contributed by atoms with Gasteiger partial charge in [0.1, 0.15) is 12.4 Å². The monoisotopic (exact) mass is 522 g/mol. The zero-order valence-corrected chi connectivity index (χ0v) is 20.6. The molecule has 0 aliphatic carbocycles. The van der Waals surface area contributed by atoms with E-state index < -0.39 is 17.8 Å². The Bertz CT molecular complexity index is 1610. The molecule has 0 aliphatic heterocycles. The maximum atomic E-state index is 13.1. The van der Waals surface area contributed by atoms with Gasteiger partial charge in [0, 0.05) is 22.6 Å². The summed E-state index contributed by atoms with van der Waals surface area (Å²) < 4.78 is 50.6. The molecule has 1 aromatic carbocycles. The Kier molecular flexibility index (Phi) is 6.53. The molecule has 38 heavy (non-hydrogen) atoms. The van der Waals surface area contributed by atoms with E-state index in [1.165, 1.54) is 6.07 Å². The Morgan fingerprint density at radius 1 is 1.11 bits per heavy atom. The number of fused-ring (bicyclic) bond motifs is 1. The lowest BCUT2D eigenvalue weighted by atomic mass is 10.0. The van der Waals surface area contributed by atoms with Crippen LogP contribution in [0.2, 0.25) is 0 Å². The summed E-state index contributed by atoms with van der Waals surface area (Å²) in [6, 6.07) is 9.95. The van der Waals surface area contributed by atoms with Gasteiger partial charge in [-0.2, -0.15) is 18.3 Å². The van der Waals surface area contributed by atoms with Crippen molar-refractivity contribution in [3.05, 3.63) is 77.5 Å². The molecule has 0 radical (unpaired) electrons. The molecule has 4 aromatic heterocycles. The highest BCUT2D eigenvalue weighted by molar-refractivity contribution is 5.89. The minimum Gasteiger partial charge on any atom is -0.488 e. The van der Waals surface area contributed by atoms with Crippen LogP contribution in [0.3, 0.4) is 0 Å². The Morgan fingerprint density at radius 3 is 2.66 bits per heavy atom. The maximum absolute atomic E-state index is 13.1. The number of pyridine rings is 2. The van der Waals surface area contributed by atoms with Crippen molar-refractivity contribution in [2.24, 2.45) is 5.73 Å². The Morgan fingerprint density at radius 2 is 1.92 bits per heavy atom. The van der Waals surface area contributed by atoms with E-state index in [1.807, 2.05) is 19.9 Å². The highest BCUT2D eigenvalue weighted by Gasteiger charge is 2.30. The Labute approximate surface area is 215 Å². The summed E-state index contributed by atoms with van der Waals surface area (Å²) in [6.07, 6.45) is -0.971. The lowest BCUT2D eigenvalue weighted by molar-refractivity contribution is -0.137. The zero-order valence-electron chi connectivity index (χ0n) is 20.6. The number of nitrogen functional groups attached to an aromatic ring is 1. The van der Waals surface area contributed by atoms with Crippen LogP contribution in [0.15, 0.2) is 59.3 Å². The molecule has 0 spiro atoms. The average molecular weight is 523 g/mol. The smallest absolute Gasteiger partial charge is 0.416 e. The lowest BCUT2D eigenvalue weighted by Gasteiger charge is -2.17. The first-order valence-electron chi connectivity index (χ1n) is 11.8. The molecule has 5 rings (SSSR count). The number of aromatic amines is 1. The first-order chi connectivity index (χ1) is 18.1. The van der Waals surface area contributed by atoms with Gasteiger partial charge in [0.2, 0.25) is 0 Å². The Balaban J connectivity index is 1.44. The molecule has 0 amide bonds. The summed E-state index contributed by atoms with van der Waals surface area (Å²) in [5, 5.41) is 8.08. The number of nitrogens with zero attached hydrogens (tertiary/aromatic N) is 3. The van der Waals surface area contributed by atoms with E-state index in [2.05, 4.69) is 20.2 Å². The van der Waals surface area contributed by atoms with Crippen LogP contribution in [0.1, 0.15) is 22.6 Å². The molecule has 0 fully saturated rings. The van der Waals surface area contributed by atoms with Crippen molar-refractivity contribution in [2.75, 3.05) is 12.3 Å². The van der Waals surface area contributed by atoms with Gasteiger partial charge in [-0.3, -0.25) is 10.1 Å². The highest BCUT2D eigenvalue weighted by Crippen LogP contribution is 2.38. The van der Waals surface area contributed by atoms with Crippen molar-refractivity contribution < 1.29 is 22.3 Å². The van der Waals surface area contributed by atoms with Gasteiger partial charge in [0.05, 0.1) is 40.6 Å². The summed E-state index contributed by atoms with van der Waals surface area (Å²) in [4.78, 5) is 9.19. The standard InChI is InChI=1S/C27H25F3N6O2/c1-14-20-10-22(33-12-23(20)36-35-14)21-11-24(26(32)34-25(21)19-6-7-37-15(19)2)38-13-18(31)9-16-4-3-5-17(8-16)27(28,29)30/h3-8,10-12,18H,9,13,31H2,1-2H3,(H2,32,34)(H,35,36)/t18-/m0/s1. The second-order valence-electron chi connectivity index (χ2n) is 9.06. The number of aromatic nitrogens is 4. The second-order valence-corrected chi connectivity index (χ2v) is 9.06. The molecule has 0 bridgehead atoms. The van der Waals surface area contributed by atoms with E-state index in [4.69, 9.17) is 20.6 Å². The molecular formula is C27H25F3N6O2. The van der Waals surface area contributed by atoms with E-state index in [0.717, 1.165) is 34.3 Å². The van der Waals surface area contributed by atoms with Gasteiger partial charge in [-0.25, -0.2) is 4.98 Å². The van der Waals surface area contributed by atoms with Crippen LogP contribution < -0.4 is 16.2 Å². The van der Waals surface area contributed by atoms with Crippen LogP contribution in [-0.4, -0.2) is 32.8 Å². The van der Waals surface area contributed by atoms with Crippen LogP contribution in [0, 0.1) is 13.8 Å². The van der Waals surface area contributed by atoms with Crippen LogP contribution in [0.5, 0.6) is 5.75 Å². The number of furan rings is 1. The predicted octanol–water partition coefficient (Wildman–Crippen LogP) is 5.45. The largest absolute Gasteiger partial charge is 0.488 e. The molecule has 11 heteroatoms. The number of ether oxygens (including phenoxy) is 1. The molecule has 0 saturated carbocycles. The van der Waals surface area contributed by atoms with E-state index in [9.17, 15) is 13.2 Å². The number of H-pyrrole nitrogens is 1. The molecule has 0 saturated heterocycles. The third-order valence-corrected chi connectivity index (χ3v) is 6.25. The van der Waals surface area contributed by atoms with Gasteiger partial charge in [-0.15, -0.1) is 0 Å². The fourth-order valence-electron chi connectivity index (χ4n) is 4.28. The number of anilines is 1. The first kappa shape index (κ1) is 25.3.